The Morgan fingerprint density at radius 3 is 2.61 bits per heavy atom. The van der Waals surface area contributed by atoms with Gasteiger partial charge in [-0.3, -0.25) is 4.79 Å². The van der Waals surface area contributed by atoms with Crippen molar-refractivity contribution in [2.45, 2.75) is 13.8 Å². The average Bonchev–Trinajstić information content (AvgIpc) is 2.71. The molecule has 1 aromatic heterocycles. The van der Waals surface area contributed by atoms with Gasteiger partial charge in [-0.05, 0) is 37.4 Å². The van der Waals surface area contributed by atoms with Crippen LogP contribution in [0, 0.1) is 6.92 Å². The van der Waals surface area contributed by atoms with E-state index >= 15 is 0 Å². The van der Waals surface area contributed by atoms with Gasteiger partial charge in [0.2, 0.25) is 0 Å². The molecule has 1 amide bonds. The van der Waals surface area contributed by atoms with Gasteiger partial charge in [0.05, 0.1) is 24.4 Å². The molecule has 0 bridgehead atoms. The smallest absolute Gasteiger partial charge is 0.339 e. The van der Waals surface area contributed by atoms with E-state index in [4.69, 9.17) is 9.47 Å². The highest BCUT2D eigenvalue weighted by molar-refractivity contribution is 5.95. The number of carbonyl (C=O) groups is 2. The highest BCUT2D eigenvalue weighted by atomic mass is 16.5. The van der Waals surface area contributed by atoms with E-state index in [1.54, 1.807) is 19.9 Å². The van der Waals surface area contributed by atoms with Gasteiger partial charge >= 0.3 is 5.97 Å². The van der Waals surface area contributed by atoms with Gasteiger partial charge in [0.25, 0.3) is 5.91 Å². The average molecular weight is 378 g/mol. The fraction of sp³-hybridized carbons (Fsp3) is 0.227. The van der Waals surface area contributed by atoms with E-state index in [1.807, 2.05) is 42.5 Å². The number of esters is 1. The number of rotatable bonds is 7. The molecule has 1 N–H and O–H groups in total. The maximum atomic E-state index is 12.3. The summed E-state index contributed by atoms with van der Waals surface area (Å²) in [6.07, 6.45) is 0. The molecule has 0 spiro atoms. The van der Waals surface area contributed by atoms with Crippen LogP contribution in [0.3, 0.4) is 0 Å². The maximum absolute atomic E-state index is 12.3. The van der Waals surface area contributed by atoms with Crippen molar-refractivity contribution < 1.29 is 19.1 Å². The first-order valence-electron chi connectivity index (χ1n) is 9.13. The number of nitrogens with one attached hydrogen (secondary N) is 1. The number of hydrogen-bond donors (Lipinski definition) is 1. The quantitative estimate of drug-likeness (QED) is 0.503. The van der Waals surface area contributed by atoms with Gasteiger partial charge in [0.15, 0.2) is 0 Å². The molecule has 28 heavy (non-hydrogen) atoms. The van der Waals surface area contributed by atoms with E-state index in [2.05, 4.69) is 10.3 Å². The number of benzene rings is 2. The van der Waals surface area contributed by atoms with E-state index in [0.717, 1.165) is 16.5 Å². The van der Waals surface area contributed by atoms with Crippen molar-refractivity contribution in [3.63, 3.8) is 0 Å². The Labute approximate surface area is 163 Å². The van der Waals surface area contributed by atoms with Crippen molar-refractivity contribution in [3.05, 3.63) is 71.5 Å². The Morgan fingerprint density at radius 2 is 1.82 bits per heavy atom. The second-order valence-electron chi connectivity index (χ2n) is 6.13. The van der Waals surface area contributed by atoms with Gasteiger partial charge in [-0.2, -0.15) is 0 Å². The maximum Gasteiger partial charge on any atom is 0.339 e. The van der Waals surface area contributed by atoms with Crippen LogP contribution in [0.4, 0.5) is 0 Å². The minimum Gasteiger partial charge on any atom is -0.491 e. The third-order valence-electron chi connectivity index (χ3n) is 4.21. The molecule has 6 heteroatoms. The first-order chi connectivity index (χ1) is 13.6. The molecule has 3 rings (SSSR count). The molecule has 0 atom stereocenters. The van der Waals surface area contributed by atoms with E-state index in [9.17, 15) is 9.59 Å². The molecule has 3 aromatic rings. The third-order valence-corrected chi connectivity index (χ3v) is 4.21. The molecular formula is C22H22N2O4. The van der Waals surface area contributed by atoms with Gasteiger partial charge in [0.1, 0.15) is 18.1 Å². The zero-order valence-corrected chi connectivity index (χ0v) is 15.9. The minimum atomic E-state index is -0.442. The summed E-state index contributed by atoms with van der Waals surface area (Å²) in [5.74, 6) is 0.0167. The van der Waals surface area contributed by atoms with Crippen molar-refractivity contribution in [2.24, 2.45) is 0 Å². The van der Waals surface area contributed by atoms with Crippen LogP contribution in [-0.2, 0) is 4.74 Å². The molecule has 6 nitrogen and oxygen atoms in total. The molecule has 0 unspecified atom stereocenters. The van der Waals surface area contributed by atoms with E-state index in [1.165, 1.54) is 6.07 Å². The largest absolute Gasteiger partial charge is 0.491 e. The number of aryl methyl sites for hydroxylation is 1. The highest BCUT2D eigenvalue weighted by Crippen LogP contribution is 2.24. The normalized spacial score (nSPS) is 10.5. The fourth-order valence-electron chi connectivity index (χ4n) is 2.85. The topological polar surface area (TPSA) is 77.5 Å². The lowest BCUT2D eigenvalue weighted by Crippen LogP contribution is -2.29. The lowest BCUT2D eigenvalue weighted by Gasteiger charge is -2.11. The number of amides is 1. The van der Waals surface area contributed by atoms with Gasteiger partial charge < -0.3 is 14.8 Å². The Balaban J connectivity index is 1.56. The number of carbonyl (C=O) groups excluding carboxylic acids is 2. The predicted molar refractivity (Wildman–Crippen MR) is 107 cm³/mol. The molecule has 0 aliphatic carbocycles. The van der Waals surface area contributed by atoms with Gasteiger partial charge in [-0.1, -0.05) is 36.4 Å². The summed E-state index contributed by atoms with van der Waals surface area (Å²) in [5, 5.41) is 4.91. The first kappa shape index (κ1) is 19.4. The number of pyridine rings is 1. The van der Waals surface area contributed by atoms with E-state index in [-0.39, 0.29) is 18.2 Å². The van der Waals surface area contributed by atoms with Crippen LogP contribution < -0.4 is 10.1 Å². The van der Waals surface area contributed by atoms with Crippen LogP contribution in [0.25, 0.3) is 10.8 Å². The van der Waals surface area contributed by atoms with Crippen LogP contribution >= 0.6 is 0 Å². The van der Waals surface area contributed by atoms with Crippen molar-refractivity contribution in [1.29, 1.82) is 0 Å². The Morgan fingerprint density at radius 1 is 1.04 bits per heavy atom. The monoisotopic (exact) mass is 378 g/mol. The van der Waals surface area contributed by atoms with Gasteiger partial charge in [-0.25, -0.2) is 9.78 Å². The number of ether oxygens (including phenoxy) is 2. The Kier molecular flexibility index (Phi) is 6.22. The van der Waals surface area contributed by atoms with Gasteiger partial charge in [-0.15, -0.1) is 0 Å². The second-order valence-corrected chi connectivity index (χ2v) is 6.13. The first-order valence-corrected chi connectivity index (χ1v) is 9.13. The second kappa shape index (κ2) is 8.99. The van der Waals surface area contributed by atoms with Crippen LogP contribution in [0.2, 0.25) is 0 Å². The summed E-state index contributed by atoms with van der Waals surface area (Å²) >= 11 is 0. The molecule has 0 aliphatic heterocycles. The van der Waals surface area contributed by atoms with Crippen LogP contribution in [0.1, 0.15) is 33.5 Å². The molecular weight excluding hydrogens is 356 g/mol. The molecule has 0 radical (unpaired) electrons. The molecule has 0 aliphatic rings. The predicted octanol–water partition coefficient (Wildman–Crippen LogP) is 3.53. The van der Waals surface area contributed by atoms with Crippen molar-refractivity contribution in [2.75, 3.05) is 19.8 Å². The Bertz CT molecular complexity index is 995. The summed E-state index contributed by atoms with van der Waals surface area (Å²) in [6, 6.07) is 16.9. The number of hydrogen-bond acceptors (Lipinski definition) is 5. The summed E-state index contributed by atoms with van der Waals surface area (Å²) < 4.78 is 10.8. The third kappa shape index (κ3) is 4.46. The highest BCUT2D eigenvalue weighted by Gasteiger charge is 2.14. The molecule has 2 aromatic carbocycles. The summed E-state index contributed by atoms with van der Waals surface area (Å²) in [5.41, 5.74) is 1.06. The van der Waals surface area contributed by atoms with Crippen LogP contribution in [0.15, 0.2) is 54.6 Å². The van der Waals surface area contributed by atoms with Gasteiger partial charge in [0, 0.05) is 5.39 Å². The van der Waals surface area contributed by atoms with Crippen LogP contribution in [-0.4, -0.2) is 36.6 Å². The number of fused-ring (bicyclic) bond motifs is 1. The van der Waals surface area contributed by atoms with Crippen LogP contribution in [0.5, 0.6) is 5.75 Å². The van der Waals surface area contributed by atoms with E-state index in [0.29, 0.717) is 24.4 Å². The van der Waals surface area contributed by atoms with Crippen molar-refractivity contribution in [1.82, 2.24) is 10.3 Å². The molecule has 0 fully saturated rings. The minimum absolute atomic E-state index is 0.246. The zero-order chi connectivity index (χ0) is 19.9. The fourth-order valence-corrected chi connectivity index (χ4v) is 2.85. The molecule has 144 valence electrons. The zero-order valence-electron chi connectivity index (χ0n) is 15.9. The molecule has 1 heterocycles. The lowest BCUT2D eigenvalue weighted by atomic mass is 10.1. The Hall–Kier alpha value is -3.41. The van der Waals surface area contributed by atoms with Crippen molar-refractivity contribution >= 4 is 22.6 Å². The number of aromatic nitrogens is 1. The lowest BCUT2D eigenvalue weighted by molar-refractivity contribution is 0.0524. The summed E-state index contributed by atoms with van der Waals surface area (Å²) in [6.45, 7) is 4.37. The summed E-state index contributed by atoms with van der Waals surface area (Å²) in [7, 11) is 0. The summed E-state index contributed by atoms with van der Waals surface area (Å²) in [4.78, 5) is 28.3. The van der Waals surface area contributed by atoms with E-state index < -0.39 is 5.97 Å². The standard InChI is InChI=1S/C22H22N2O4/c1-3-27-22(26)17-11-12-19(24-15(17)2)21(25)23-13-14-28-20-10-6-8-16-7-4-5-9-18(16)20/h4-12H,3,13-14H2,1-2H3,(H,23,25). The molecule has 0 saturated heterocycles. The molecule has 0 saturated carbocycles. The number of nitrogens with zero attached hydrogens (tertiary/aromatic N) is 1. The SMILES string of the molecule is CCOC(=O)c1ccc(C(=O)NCCOc2cccc3ccccc23)nc1C. The van der Waals surface area contributed by atoms with Crippen molar-refractivity contribution in [3.8, 4) is 5.75 Å².